The van der Waals surface area contributed by atoms with Crippen LogP contribution in [0.4, 0.5) is 4.39 Å². The molecule has 1 atom stereocenters. The molecule has 0 spiro atoms. The summed E-state index contributed by atoms with van der Waals surface area (Å²) in [7, 11) is 0. The van der Waals surface area contributed by atoms with E-state index in [0.717, 1.165) is 5.56 Å². The maximum Gasteiger partial charge on any atom is 0.126 e. The second-order valence-electron chi connectivity index (χ2n) is 4.33. The van der Waals surface area contributed by atoms with Gasteiger partial charge in [0.05, 0.1) is 5.02 Å². The summed E-state index contributed by atoms with van der Waals surface area (Å²) in [6, 6.07) is 8.44. The number of halogens is 2. The monoisotopic (exact) mass is 279 g/mol. The van der Waals surface area contributed by atoms with Crippen molar-refractivity contribution in [2.24, 2.45) is 5.84 Å². The maximum atomic E-state index is 13.6. The first-order valence-electron chi connectivity index (χ1n) is 5.98. The number of hydrogen-bond donors (Lipinski definition) is 2. The maximum absolute atomic E-state index is 13.6. The molecular weight excluding hydrogens is 265 g/mol. The molecule has 3 N–H and O–H groups in total. The van der Waals surface area contributed by atoms with Crippen LogP contribution < -0.4 is 11.3 Å². The molecule has 0 saturated carbocycles. The third kappa shape index (κ3) is 3.73. The Kier molecular flexibility index (Phi) is 4.85. The summed E-state index contributed by atoms with van der Waals surface area (Å²) in [6.07, 6.45) is 4.39. The van der Waals surface area contributed by atoms with Crippen LogP contribution in [0.5, 0.6) is 0 Å². The topological polar surface area (TPSA) is 50.9 Å². The lowest BCUT2D eigenvalue weighted by Gasteiger charge is -2.17. The van der Waals surface area contributed by atoms with Gasteiger partial charge in [-0.1, -0.05) is 29.8 Å². The normalized spacial score (nSPS) is 12.4. The number of nitrogens with zero attached hydrogens (tertiary/aromatic N) is 1. The highest BCUT2D eigenvalue weighted by Crippen LogP contribution is 2.17. The number of hydrogen-bond acceptors (Lipinski definition) is 3. The lowest BCUT2D eigenvalue weighted by Crippen LogP contribution is -2.38. The predicted molar refractivity (Wildman–Crippen MR) is 74.2 cm³/mol. The molecule has 100 valence electrons. The average Bonchev–Trinajstić information content (AvgIpc) is 2.42. The van der Waals surface area contributed by atoms with E-state index in [2.05, 4.69) is 10.4 Å². The van der Waals surface area contributed by atoms with Crippen LogP contribution in [0.25, 0.3) is 0 Å². The fourth-order valence-corrected chi connectivity index (χ4v) is 2.15. The Hall–Kier alpha value is -1.49. The van der Waals surface area contributed by atoms with Gasteiger partial charge in [-0.25, -0.2) is 4.39 Å². The Bertz CT molecular complexity index is 500. The standard InChI is InChI=1S/C14H15ClFN3/c15-13-9-18-6-5-10(13)7-12(19-17)8-11-3-1-2-4-14(11)16/h1-6,9,12,19H,7-8,17H2. The van der Waals surface area contributed by atoms with Crippen molar-refractivity contribution in [2.75, 3.05) is 0 Å². The number of benzene rings is 1. The van der Waals surface area contributed by atoms with Crippen molar-refractivity contribution < 1.29 is 4.39 Å². The molecule has 1 aromatic carbocycles. The van der Waals surface area contributed by atoms with Gasteiger partial charge in [0, 0.05) is 18.4 Å². The van der Waals surface area contributed by atoms with Crippen LogP contribution >= 0.6 is 11.6 Å². The number of nitrogens with one attached hydrogen (secondary N) is 1. The first kappa shape index (κ1) is 13.9. The third-order valence-electron chi connectivity index (χ3n) is 2.98. The summed E-state index contributed by atoms with van der Waals surface area (Å²) in [5, 5.41) is 0.594. The molecule has 2 aromatic rings. The van der Waals surface area contributed by atoms with E-state index in [1.807, 2.05) is 12.1 Å². The first-order chi connectivity index (χ1) is 9.20. The van der Waals surface area contributed by atoms with E-state index in [9.17, 15) is 4.39 Å². The Balaban J connectivity index is 2.09. The minimum atomic E-state index is -0.219. The van der Waals surface area contributed by atoms with E-state index in [1.165, 1.54) is 6.07 Å². The number of rotatable bonds is 5. The molecule has 0 bridgehead atoms. The molecule has 0 aliphatic rings. The number of hydrazine groups is 1. The quantitative estimate of drug-likeness (QED) is 0.653. The molecular formula is C14H15ClFN3. The van der Waals surface area contributed by atoms with E-state index in [4.69, 9.17) is 17.4 Å². The fourth-order valence-electron chi connectivity index (χ4n) is 1.95. The summed E-state index contributed by atoms with van der Waals surface area (Å²) in [6.45, 7) is 0. The van der Waals surface area contributed by atoms with Gasteiger partial charge in [-0.05, 0) is 36.1 Å². The Morgan fingerprint density at radius 1 is 1.21 bits per heavy atom. The van der Waals surface area contributed by atoms with Gasteiger partial charge in [0.1, 0.15) is 5.82 Å². The molecule has 0 aliphatic heterocycles. The lowest BCUT2D eigenvalue weighted by molar-refractivity contribution is 0.506. The molecule has 2 rings (SSSR count). The molecule has 1 unspecified atom stereocenters. The van der Waals surface area contributed by atoms with Crippen molar-refractivity contribution in [1.82, 2.24) is 10.4 Å². The van der Waals surface area contributed by atoms with Crippen molar-refractivity contribution in [2.45, 2.75) is 18.9 Å². The van der Waals surface area contributed by atoms with E-state index in [-0.39, 0.29) is 11.9 Å². The van der Waals surface area contributed by atoms with Crippen LogP contribution in [0, 0.1) is 5.82 Å². The van der Waals surface area contributed by atoms with Crippen molar-refractivity contribution in [1.29, 1.82) is 0 Å². The van der Waals surface area contributed by atoms with Crippen LogP contribution in [0.15, 0.2) is 42.7 Å². The molecule has 0 fully saturated rings. The van der Waals surface area contributed by atoms with Crippen LogP contribution in [-0.2, 0) is 12.8 Å². The van der Waals surface area contributed by atoms with Crippen LogP contribution in [-0.4, -0.2) is 11.0 Å². The second-order valence-corrected chi connectivity index (χ2v) is 4.74. The van der Waals surface area contributed by atoms with Gasteiger partial charge in [0.25, 0.3) is 0 Å². The van der Waals surface area contributed by atoms with E-state index < -0.39 is 0 Å². The molecule has 1 heterocycles. The van der Waals surface area contributed by atoms with Gasteiger partial charge >= 0.3 is 0 Å². The lowest BCUT2D eigenvalue weighted by atomic mass is 10.00. The van der Waals surface area contributed by atoms with Gasteiger partial charge in [0.2, 0.25) is 0 Å². The molecule has 0 aliphatic carbocycles. The molecule has 0 saturated heterocycles. The number of aromatic nitrogens is 1. The third-order valence-corrected chi connectivity index (χ3v) is 3.32. The zero-order valence-electron chi connectivity index (χ0n) is 10.3. The predicted octanol–water partition coefficient (Wildman–Crippen LogP) is 2.49. The minimum absolute atomic E-state index is 0.0863. The second kappa shape index (κ2) is 6.61. The zero-order chi connectivity index (χ0) is 13.7. The van der Waals surface area contributed by atoms with Gasteiger partial charge < -0.3 is 0 Å². The highest BCUT2D eigenvalue weighted by atomic mass is 35.5. The molecule has 0 amide bonds. The molecule has 1 aromatic heterocycles. The van der Waals surface area contributed by atoms with Crippen molar-refractivity contribution in [3.8, 4) is 0 Å². The largest absolute Gasteiger partial charge is 0.271 e. The Morgan fingerprint density at radius 2 is 1.95 bits per heavy atom. The van der Waals surface area contributed by atoms with Crippen molar-refractivity contribution >= 4 is 11.6 Å². The fraction of sp³-hybridized carbons (Fsp3) is 0.214. The summed E-state index contributed by atoms with van der Waals surface area (Å²) in [5.74, 6) is 5.32. The highest BCUT2D eigenvalue weighted by Gasteiger charge is 2.13. The highest BCUT2D eigenvalue weighted by molar-refractivity contribution is 6.31. The molecule has 0 radical (unpaired) electrons. The van der Waals surface area contributed by atoms with Crippen LogP contribution in [0.2, 0.25) is 5.02 Å². The van der Waals surface area contributed by atoms with Gasteiger partial charge in [0.15, 0.2) is 0 Å². The number of nitrogens with two attached hydrogens (primary N) is 1. The van der Waals surface area contributed by atoms with E-state index >= 15 is 0 Å². The zero-order valence-corrected chi connectivity index (χ0v) is 11.1. The summed E-state index contributed by atoms with van der Waals surface area (Å²) >= 11 is 6.05. The Morgan fingerprint density at radius 3 is 2.63 bits per heavy atom. The van der Waals surface area contributed by atoms with Crippen LogP contribution in [0.3, 0.4) is 0 Å². The smallest absolute Gasteiger partial charge is 0.126 e. The summed E-state index contributed by atoms with van der Waals surface area (Å²) < 4.78 is 13.6. The molecule has 3 nitrogen and oxygen atoms in total. The van der Waals surface area contributed by atoms with Gasteiger partial charge in [-0.15, -0.1) is 0 Å². The number of pyridine rings is 1. The SMILES string of the molecule is NNC(Cc1ccccc1F)Cc1ccncc1Cl. The summed E-state index contributed by atoms with van der Waals surface area (Å²) in [5.41, 5.74) is 4.28. The van der Waals surface area contributed by atoms with E-state index in [1.54, 1.807) is 24.5 Å². The van der Waals surface area contributed by atoms with Crippen LogP contribution in [0.1, 0.15) is 11.1 Å². The molecule has 5 heteroatoms. The van der Waals surface area contributed by atoms with Crippen molar-refractivity contribution in [3.63, 3.8) is 0 Å². The van der Waals surface area contributed by atoms with Gasteiger partial charge in [-0.2, -0.15) is 0 Å². The van der Waals surface area contributed by atoms with Crippen molar-refractivity contribution in [3.05, 3.63) is 64.7 Å². The van der Waals surface area contributed by atoms with Gasteiger partial charge in [-0.3, -0.25) is 16.3 Å². The summed E-state index contributed by atoms with van der Waals surface area (Å²) in [4.78, 5) is 3.93. The minimum Gasteiger partial charge on any atom is -0.271 e. The molecule has 19 heavy (non-hydrogen) atoms. The Labute approximate surface area is 116 Å². The van der Waals surface area contributed by atoms with E-state index in [0.29, 0.717) is 23.4 Å². The average molecular weight is 280 g/mol. The first-order valence-corrected chi connectivity index (χ1v) is 6.36.